The zero-order valence-corrected chi connectivity index (χ0v) is 52.0. The quantitative estimate of drug-likeness (QED) is 0.0417. The van der Waals surface area contributed by atoms with Gasteiger partial charge in [0.25, 0.3) is 0 Å². The lowest BCUT2D eigenvalue weighted by Gasteiger charge is -2.22. The van der Waals surface area contributed by atoms with Gasteiger partial charge in [0.2, 0.25) is 5.91 Å². The predicted molar refractivity (Wildman–Crippen MR) is 334 cm³/mol. The molecule has 2 unspecified atom stereocenters. The highest BCUT2D eigenvalue weighted by Crippen LogP contribution is 2.20. The maximum absolute atomic E-state index is 12.5. The second-order valence-corrected chi connectivity index (χ2v) is 24.6. The minimum Gasteiger partial charge on any atom is -0.466 e. The van der Waals surface area contributed by atoms with Crippen molar-refractivity contribution < 1.29 is 24.5 Å². The molecule has 0 radical (unpaired) electrons. The summed E-state index contributed by atoms with van der Waals surface area (Å²) < 4.78 is 5.51. The van der Waals surface area contributed by atoms with Gasteiger partial charge in [-0.15, -0.1) is 0 Å². The Hall–Kier alpha value is -1.14. The first-order valence-electron chi connectivity index (χ1n) is 35.3. The van der Waals surface area contributed by atoms with Gasteiger partial charge in [-0.2, -0.15) is 0 Å². The van der Waals surface area contributed by atoms with Crippen molar-refractivity contribution in [1.29, 1.82) is 0 Å². The summed E-state index contributed by atoms with van der Waals surface area (Å²) in [6.07, 6.45) is 80.3. The van der Waals surface area contributed by atoms with Gasteiger partial charge in [0.1, 0.15) is 0 Å². The van der Waals surface area contributed by atoms with Crippen LogP contribution in [-0.4, -0.2) is 47.4 Å². The molecule has 0 aromatic heterocycles. The molecule has 6 heteroatoms. The standard InChI is InChI=1S/C70H139NO5/c1-3-5-7-9-11-13-15-16-17-33-37-40-44-48-52-56-60-64-70(75)76-65-61-57-53-49-45-41-38-35-32-30-28-26-24-22-20-18-19-21-23-25-27-29-31-34-36-39-43-47-51-55-59-63-69(74)71-67(66-72)68(73)62-58-54-50-46-42-14-12-10-8-6-4-2/h67-68,72-73H,3-66H2,1-2H3,(H,71,74). The molecule has 0 aliphatic heterocycles. The first kappa shape index (κ1) is 74.9. The monoisotopic (exact) mass is 1070 g/mol. The number of carbonyl (C=O) groups is 2. The van der Waals surface area contributed by atoms with Crippen LogP contribution in [0.1, 0.15) is 412 Å². The molecule has 0 rings (SSSR count). The summed E-state index contributed by atoms with van der Waals surface area (Å²) in [6.45, 7) is 4.99. The molecule has 0 bridgehead atoms. The van der Waals surface area contributed by atoms with E-state index in [0.717, 1.165) is 38.5 Å². The molecule has 0 aliphatic carbocycles. The molecule has 454 valence electrons. The number of rotatable bonds is 67. The number of unbranched alkanes of at least 4 members (excludes halogenated alkanes) is 56. The molecular formula is C70H139NO5. The van der Waals surface area contributed by atoms with Crippen molar-refractivity contribution in [3.8, 4) is 0 Å². The highest BCUT2D eigenvalue weighted by Gasteiger charge is 2.20. The molecule has 2 atom stereocenters. The molecule has 0 fully saturated rings. The molecule has 0 aromatic carbocycles. The van der Waals surface area contributed by atoms with E-state index in [0.29, 0.717) is 25.9 Å². The molecule has 0 aromatic rings. The van der Waals surface area contributed by atoms with Crippen LogP contribution >= 0.6 is 0 Å². The van der Waals surface area contributed by atoms with Crippen LogP contribution in [0.4, 0.5) is 0 Å². The third-order valence-electron chi connectivity index (χ3n) is 16.9. The fourth-order valence-corrected chi connectivity index (χ4v) is 11.5. The summed E-state index contributed by atoms with van der Waals surface area (Å²) in [5.74, 6) is -0.00334. The number of hydrogen-bond donors (Lipinski definition) is 3. The summed E-state index contributed by atoms with van der Waals surface area (Å²) in [7, 11) is 0. The highest BCUT2D eigenvalue weighted by molar-refractivity contribution is 5.76. The molecule has 0 spiro atoms. The molecule has 6 nitrogen and oxygen atoms in total. The van der Waals surface area contributed by atoms with Gasteiger partial charge in [-0.1, -0.05) is 373 Å². The van der Waals surface area contributed by atoms with Crippen LogP contribution in [0, 0.1) is 0 Å². The number of esters is 1. The fourth-order valence-electron chi connectivity index (χ4n) is 11.5. The van der Waals surface area contributed by atoms with E-state index >= 15 is 0 Å². The minimum absolute atomic E-state index is 0.0257. The van der Waals surface area contributed by atoms with E-state index in [2.05, 4.69) is 19.2 Å². The zero-order chi connectivity index (χ0) is 55.0. The van der Waals surface area contributed by atoms with Gasteiger partial charge in [0, 0.05) is 12.8 Å². The Kier molecular flexibility index (Phi) is 65.4. The largest absolute Gasteiger partial charge is 0.466 e. The SMILES string of the molecule is CCCCCCCCCCCCCCCCCCCC(=O)OCCCCCCCCCCCCCCCCCCCCCCCCCCCCCCCCCC(=O)NC(CO)C(O)CCCCCCCCCCCCC. The molecule has 76 heavy (non-hydrogen) atoms. The Morgan fingerprint density at radius 3 is 0.803 bits per heavy atom. The summed E-state index contributed by atoms with van der Waals surface area (Å²) in [4.78, 5) is 24.6. The normalized spacial score (nSPS) is 12.4. The van der Waals surface area contributed by atoms with Crippen LogP contribution in [-0.2, 0) is 14.3 Å². The lowest BCUT2D eigenvalue weighted by molar-refractivity contribution is -0.143. The van der Waals surface area contributed by atoms with Crippen molar-refractivity contribution in [2.75, 3.05) is 13.2 Å². The van der Waals surface area contributed by atoms with Gasteiger partial charge in [0.05, 0.1) is 25.4 Å². The molecule has 0 heterocycles. The fraction of sp³-hybridized carbons (Fsp3) is 0.971. The number of nitrogens with one attached hydrogen (secondary N) is 1. The van der Waals surface area contributed by atoms with E-state index in [1.54, 1.807) is 0 Å². The van der Waals surface area contributed by atoms with Gasteiger partial charge >= 0.3 is 5.97 Å². The van der Waals surface area contributed by atoms with Gasteiger partial charge in [-0.25, -0.2) is 0 Å². The molecular weight excluding hydrogens is 935 g/mol. The summed E-state index contributed by atoms with van der Waals surface area (Å²) >= 11 is 0. The van der Waals surface area contributed by atoms with Crippen LogP contribution in [0.3, 0.4) is 0 Å². The van der Waals surface area contributed by atoms with E-state index < -0.39 is 12.1 Å². The van der Waals surface area contributed by atoms with E-state index in [1.165, 1.54) is 340 Å². The minimum atomic E-state index is -0.658. The van der Waals surface area contributed by atoms with Gasteiger partial charge < -0.3 is 20.3 Å². The average molecular weight is 1070 g/mol. The molecule has 0 saturated carbocycles. The lowest BCUT2D eigenvalue weighted by Crippen LogP contribution is -2.45. The second-order valence-electron chi connectivity index (χ2n) is 24.6. The first-order chi connectivity index (χ1) is 37.5. The Morgan fingerprint density at radius 1 is 0.316 bits per heavy atom. The van der Waals surface area contributed by atoms with Gasteiger partial charge in [0.15, 0.2) is 0 Å². The number of carbonyl (C=O) groups excluding carboxylic acids is 2. The Balaban J connectivity index is 3.28. The molecule has 0 saturated heterocycles. The Labute approximate surface area is 476 Å². The second kappa shape index (κ2) is 66.4. The smallest absolute Gasteiger partial charge is 0.305 e. The van der Waals surface area contributed by atoms with Gasteiger partial charge in [-0.3, -0.25) is 9.59 Å². The van der Waals surface area contributed by atoms with Crippen molar-refractivity contribution in [3.05, 3.63) is 0 Å². The average Bonchev–Trinajstić information content (AvgIpc) is 3.42. The number of aliphatic hydroxyl groups excluding tert-OH is 2. The summed E-state index contributed by atoms with van der Waals surface area (Å²) in [5, 5.41) is 23.2. The predicted octanol–water partition coefficient (Wildman–Crippen LogP) is 22.6. The maximum atomic E-state index is 12.5. The van der Waals surface area contributed by atoms with Crippen LogP contribution in [0.5, 0.6) is 0 Å². The number of aliphatic hydroxyl groups is 2. The van der Waals surface area contributed by atoms with Gasteiger partial charge in [-0.05, 0) is 25.7 Å². The number of hydrogen-bond acceptors (Lipinski definition) is 5. The van der Waals surface area contributed by atoms with Crippen LogP contribution in [0.2, 0.25) is 0 Å². The summed E-state index contributed by atoms with van der Waals surface area (Å²) in [6, 6.07) is -0.535. The van der Waals surface area contributed by atoms with E-state index in [4.69, 9.17) is 4.74 Å². The Bertz CT molecular complexity index is 1100. The van der Waals surface area contributed by atoms with Crippen molar-refractivity contribution in [3.63, 3.8) is 0 Å². The van der Waals surface area contributed by atoms with E-state index in [9.17, 15) is 19.8 Å². The molecule has 0 aliphatic rings. The number of amides is 1. The zero-order valence-electron chi connectivity index (χ0n) is 52.0. The third kappa shape index (κ3) is 62.1. The number of ether oxygens (including phenoxy) is 1. The molecule has 3 N–H and O–H groups in total. The van der Waals surface area contributed by atoms with E-state index in [1.807, 2.05) is 0 Å². The van der Waals surface area contributed by atoms with Crippen LogP contribution < -0.4 is 5.32 Å². The van der Waals surface area contributed by atoms with Crippen molar-refractivity contribution in [2.45, 2.75) is 424 Å². The third-order valence-corrected chi connectivity index (χ3v) is 16.9. The maximum Gasteiger partial charge on any atom is 0.305 e. The Morgan fingerprint density at radius 2 is 0.539 bits per heavy atom. The lowest BCUT2D eigenvalue weighted by atomic mass is 10.0. The summed E-state index contributed by atoms with van der Waals surface area (Å²) in [5.41, 5.74) is 0. The van der Waals surface area contributed by atoms with Crippen molar-refractivity contribution in [1.82, 2.24) is 5.32 Å². The molecule has 1 amide bonds. The van der Waals surface area contributed by atoms with Crippen LogP contribution in [0.15, 0.2) is 0 Å². The van der Waals surface area contributed by atoms with E-state index in [-0.39, 0.29) is 18.5 Å². The van der Waals surface area contributed by atoms with Crippen molar-refractivity contribution in [2.24, 2.45) is 0 Å². The van der Waals surface area contributed by atoms with Crippen molar-refractivity contribution >= 4 is 11.9 Å². The van der Waals surface area contributed by atoms with Crippen LogP contribution in [0.25, 0.3) is 0 Å². The topological polar surface area (TPSA) is 95.9 Å². The highest BCUT2D eigenvalue weighted by atomic mass is 16.5. The first-order valence-corrected chi connectivity index (χ1v) is 35.3.